The Kier molecular flexibility index (Phi) is 3.54. The number of nitriles is 1. The lowest BCUT2D eigenvalue weighted by Gasteiger charge is -2.09. The number of halogens is 1. The van der Waals surface area contributed by atoms with Crippen molar-refractivity contribution in [2.75, 3.05) is 0 Å². The van der Waals surface area contributed by atoms with Crippen molar-refractivity contribution >= 4 is 0 Å². The van der Waals surface area contributed by atoms with Gasteiger partial charge in [-0.15, -0.1) is 0 Å². The van der Waals surface area contributed by atoms with Crippen LogP contribution in [-0.2, 0) is 6.61 Å². The number of pyridine rings is 1. The summed E-state index contributed by atoms with van der Waals surface area (Å²) in [5.74, 6) is 0.245. The summed E-state index contributed by atoms with van der Waals surface area (Å²) in [5, 5.41) is 8.64. The van der Waals surface area contributed by atoms with E-state index in [1.54, 1.807) is 30.6 Å². The highest BCUT2D eigenvalue weighted by atomic mass is 19.1. The molecule has 4 heteroatoms. The molecule has 0 N–H and O–H groups in total. The number of hydrogen-bond acceptors (Lipinski definition) is 3. The fourth-order valence-corrected chi connectivity index (χ4v) is 1.51. The Balaban J connectivity index is 2.12. The van der Waals surface area contributed by atoms with Crippen molar-refractivity contribution in [3.8, 4) is 11.8 Å². The van der Waals surface area contributed by atoms with Gasteiger partial charge < -0.3 is 4.74 Å². The van der Waals surface area contributed by atoms with Gasteiger partial charge in [-0.05, 0) is 25.1 Å². The summed E-state index contributed by atoms with van der Waals surface area (Å²) in [4.78, 5) is 3.95. The zero-order chi connectivity index (χ0) is 13.0. The minimum absolute atomic E-state index is 0.127. The van der Waals surface area contributed by atoms with Crippen LogP contribution >= 0.6 is 0 Å². The maximum Gasteiger partial charge on any atom is 0.131 e. The first-order chi connectivity index (χ1) is 8.70. The highest BCUT2D eigenvalue weighted by molar-refractivity contribution is 5.33. The highest BCUT2D eigenvalue weighted by Gasteiger charge is 2.05. The normalized spacial score (nSPS) is 9.83. The van der Waals surface area contributed by atoms with Gasteiger partial charge in [-0.25, -0.2) is 4.39 Å². The zero-order valence-corrected chi connectivity index (χ0v) is 9.85. The second kappa shape index (κ2) is 5.28. The van der Waals surface area contributed by atoms with Crippen LogP contribution < -0.4 is 4.74 Å². The number of benzene rings is 1. The van der Waals surface area contributed by atoms with Gasteiger partial charge in [0, 0.05) is 23.5 Å². The molecule has 0 radical (unpaired) electrons. The number of ether oxygens (including phenoxy) is 1. The summed E-state index contributed by atoms with van der Waals surface area (Å²) in [5.41, 5.74) is 1.62. The molecule has 0 saturated carbocycles. The standard InChI is InChI=1S/C14H11FN2O/c1-10-8-17-5-4-14(10)18-9-12-3-2-11(7-16)6-13(12)15/h2-6,8H,9H2,1H3. The second-order valence-electron chi connectivity index (χ2n) is 3.85. The molecule has 0 saturated heterocycles. The molecule has 2 aromatic rings. The van der Waals surface area contributed by atoms with Crippen molar-refractivity contribution in [1.29, 1.82) is 5.26 Å². The van der Waals surface area contributed by atoms with E-state index in [1.165, 1.54) is 6.07 Å². The molecular formula is C14H11FN2O. The summed E-state index contributed by atoms with van der Waals surface area (Å²) < 4.78 is 19.1. The monoisotopic (exact) mass is 242 g/mol. The lowest BCUT2D eigenvalue weighted by atomic mass is 10.1. The van der Waals surface area contributed by atoms with Crippen molar-refractivity contribution in [2.45, 2.75) is 13.5 Å². The van der Waals surface area contributed by atoms with Gasteiger partial charge in [-0.3, -0.25) is 4.98 Å². The van der Waals surface area contributed by atoms with Gasteiger partial charge in [0.25, 0.3) is 0 Å². The van der Waals surface area contributed by atoms with E-state index in [1.807, 2.05) is 13.0 Å². The predicted octanol–water partition coefficient (Wildman–Crippen LogP) is 2.98. The average molecular weight is 242 g/mol. The topological polar surface area (TPSA) is 45.9 Å². The van der Waals surface area contributed by atoms with Gasteiger partial charge in [-0.1, -0.05) is 6.07 Å². The van der Waals surface area contributed by atoms with Crippen molar-refractivity contribution in [1.82, 2.24) is 4.98 Å². The molecule has 2 rings (SSSR count). The SMILES string of the molecule is Cc1cnccc1OCc1ccc(C#N)cc1F. The third kappa shape index (κ3) is 2.64. The molecule has 0 unspecified atom stereocenters. The third-order valence-corrected chi connectivity index (χ3v) is 2.53. The first-order valence-electron chi connectivity index (χ1n) is 5.42. The Morgan fingerprint density at radius 3 is 2.89 bits per heavy atom. The van der Waals surface area contributed by atoms with E-state index in [0.717, 1.165) is 5.56 Å². The molecular weight excluding hydrogens is 231 g/mol. The Bertz CT molecular complexity index is 605. The molecule has 18 heavy (non-hydrogen) atoms. The summed E-state index contributed by atoms with van der Waals surface area (Å²) in [6.07, 6.45) is 3.31. The molecule has 3 nitrogen and oxygen atoms in total. The zero-order valence-electron chi connectivity index (χ0n) is 9.85. The number of rotatable bonds is 3. The lowest BCUT2D eigenvalue weighted by molar-refractivity contribution is 0.297. The van der Waals surface area contributed by atoms with Crippen LogP contribution in [-0.4, -0.2) is 4.98 Å². The summed E-state index contributed by atoms with van der Waals surface area (Å²) in [6.45, 7) is 2.00. The highest BCUT2D eigenvalue weighted by Crippen LogP contribution is 2.18. The molecule has 1 aromatic carbocycles. The van der Waals surface area contributed by atoms with Gasteiger partial charge in [0.05, 0.1) is 11.6 Å². The molecule has 1 heterocycles. The smallest absolute Gasteiger partial charge is 0.131 e. The van der Waals surface area contributed by atoms with Crippen LogP contribution in [0.4, 0.5) is 4.39 Å². The minimum atomic E-state index is -0.430. The fraction of sp³-hybridized carbons (Fsp3) is 0.143. The Morgan fingerprint density at radius 2 is 2.22 bits per heavy atom. The van der Waals surface area contributed by atoms with Crippen LogP contribution in [0, 0.1) is 24.1 Å². The van der Waals surface area contributed by atoms with Gasteiger partial charge in [-0.2, -0.15) is 5.26 Å². The quantitative estimate of drug-likeness (QED) is 0.831. The summed E-state index contributed by atoms with van der Waals surface area (Å²) >= 11 is 0. The molecule has 0 aliphatic heterocycles. The van der Waals surface area contributed by atoms with Crippen LogP contribution in [0.3, 0.4) is 0 Å². The van der Waals surface area contributed by atoms with Crippen LogP contribution in [0.25, 0.3) is 0 Å². The largest absolute Gasteiger partial charge is 0.488 e. The maximum absolute atomic E-state index is 13.6. The molecule has 1 aromatic heterocycles. The Morgan fingerprint density at radius 1 is 1.39 bits per heavy atom. The van der Waals surface area contributed by atoms with Gasteiger partial charge in [0.2, 0.25) is 0 Å². The molecule has 0 amide bonds. The molecule has 90 valence electrons. The van der Waals surface area contributed by atoms with Gasteiger partial charge >= 0.3 is 0 Å². The molecule has 0 aliphatic carbocycles. The first-order valence-corrected chi connectivity index (χ1v) is 5.42. The van der Waals surface area contributed by atoms with E-state index >= 15 is 0 Å². The number of hydrogen-bond donors (Lipinski definition) is 0. The molecule has 0 atom stereocenters. The Hall–Kier alpha value is -2.41. The average Bonchev–Trinajstić information content (AvgIpc) is 2.39. The fourth-order valence-electron chi connectivity index (χ4n) is 1.51. The first kappa shape index (κ1) is 12.1. The van der Waals surface area contributed by atoms with Crippen LogP contribution in [0.5, 0.6) is 5.75 Å². The number of aryl methyl sites for hydroxylation is 1. The minimum Gasteiger partial charge on any atom is -0.488 e. The summed E-state index contributed by atoms with van der Waals surface area (Å²) in [7, 11) is 0. The van der Waals surface area contributed by atoms with E-state index < -0.39 is 5.82 Å². The Labute approximate surface area is 104 Å². The third-order valence-electron chi connectivity index (χ3n) is 2.53. The van der Waals surface area contributed by atoms with Crippen LogP contribution in [0.1, 0.15) is 16.7 Å². The van der Waals surface area contributed by atoms with E-state index in [9.17, 15) is 4.39 Å². The maximum atomic E-state index is 13.6. The molecule has 0 fully saturated rings. The van der Waals surface area contributed by atoms with Crippen molar-refractivity contribution in [3.63, 3.8) is 0 Å². The van der Waals surface area contributed by atoms with Crippen molar-refractivity contribution in [2.24, 2.45) is 0 Å². The van der Waals surface area contributed by atoms with E-state index in [2.05, 4.69) is 4.98 Å². The predicted molar refractivity (Wildman–Crippen MR) is 64.4 cm³/mol. The van der Waals surface area contributed by atoms with E-state index in [0.29, 0.717) is 16.9 Å². The van der Waals surface area contributed by atoms with Gasteiger partial charge in [0.1, 0.15) is 18.2 Å². The molecule has 0 spiro atoms. The van der Waals surface area contributed by atoms with Crippen molar-refractivity contribution < 1.29 is 9.13 Å². The van der Waals surface area contributed by atoms with E-state index in [-0.39, 0.29) is 6.61 Å². The van der Waals surface area contributed by atoms with Crippen molar-refractivity contribution in [3.05, 3.63) is 59.2 Å². The molecule has 0 aliphatic rings. The number of aromatic nitrogens is 1. The molecule has 0 bridgehead atoms. The lowest BCUT2D eigenvalue weighted by Crippen LogP contribution is -2.00. The summed E-state index contributed by atoms with van der Waals surface area (Å²) in [6, 6.07) is 7.96. The van der Waals surface area contributed by atoms with Crippen LogP contribution in [0.2, 0.25) is 0 Å². The number of nitrogens with zero attached hydrogens (tertiary/aromatic N) is 2. The van der Waals surface area contributed by atoms with Gasteiger partial charge in [0.15, 0.2) is 0 Å². The van der Waals surface area contributed by atoms with E-state index in [4.69, 9.17) is 10.00 Å². The van der Waals surface area contributed by atoms with Crippen LogP contribution in [0.15, 0.2) is 36.7 Å². The second-order valence-corrected chi connectivity index (χ2v) is 3.85.